The van der Waals surface area contributed by atoms with E-state index in [1.807, 2.05) is 6.92 Å². The van der Waals surface area contributed by atoms with Gasteiger partial charge >= 0.3 is 6.18 Å². The van der Waals surface area contributed by atoms with Gasteiger partial charge in [0.2, 0.25) is 0 Å². The molecule has 102 valence electrons. The van der Waals surface area contributed by atoms with Crippen molar-refractivity contribution in [2.45, 2.75) is 32.2 Å². The zero-order chi connectivity index (χ0) is 13.8. The van der Waals surface area contributed by atoms with Crippen LogP contribution in [0.2, 0.25) is 0 Å². The molecule has 2 atom stereocenters. The van der Waals surface area contributed by atoms with Crippen LogP contribution >= 0.6 is 0 Å². The Labute approximate surface area is 104 Å². The van der Waals surface area contributed by atoms with Crippen molar-refractivity contribution in [2.24, 2.45) is 5.84 Å². The molecule has 0 fully saturated rings. The van der Waals surface area contributed by atoms with Gasteiger partial charge < -0.3 is 4.74 Å². The Bertz CT molecular complexity index is 382. The summed E-state index contributed by atoms with van der Waals surface area (Å²) in [5.41, 5.74) is 2.25. The van der Waals surface area contributed by atoms with Crippen LogP contribution in [-0.2, 0) is 10.9 Å². The average Bonchev–Trinajstić information content (AvgIpc) is 2.29. The van der Waals surface area contributed by atoms with E-state index in [-0.39, 0.29) is 6.10 Å². The average molecular weight is 262 g/mol. The van der Waals surface area contributed by atoms with Gasteiger partial charge in [0.1, 0.15) is 0 Å². The molecule has 0 aliphatic heterocycles. The smallest absolute Gasteiger partial charge is 0.377 e. The van der Waals surface area contributed by atoms with Gasteiger partial charge in [-0.1, -0.05) is 12.1 Å². The fraction of sp³-hybridized carbons (Fsp3) is 0.500. The lowest BCUT2D eigenvalue weighted by Crippen LogP contribution is -2.36. The number of alkyl halides is 3. The minimum absolute atomic E-state index is 0.316. The largest absolute Gasteiger partial charge is 0.416 e. The molecule has 6 heteroatoms. The summed E-state index contributed by atoms with van der Waals surface area (Å²) in [7, 11) is 0. The standard InChI is InChI=1S/C12H17F3N2O/c1-3-18-8(2)11(17-16)9-5-4-6-10(7-9)12(13,14)15/h4-8,11,17H,3,16H2,1-2H3. The Balaban J connectivity index is 3.00. The van der Waals surface area contributed by atoms with E-state index in [1.165, 1.54) is 6.07 Å². The third kappa shape index (κ3) is 3.69. The maximum Gasteiger partial charge on any atom is 0.416 e. The van der Waals surface area contributed by atoms with Crippen molar-refractivity contribution < 1.29 is 17.9 Å². The predicted octanol–water partition coefficient (Wildman–Crippen LogP) is 2.63. The lowest BCUT2D eigenvalue weighted by molar-refractivity contribution is -0.137. The van der Waals surface area contributed by atoms with E-state index >= 15 is 0 Å². The highest BCUT2D eigenvalue weighted by molar-refractivity contribution is 5.28. The number of hydrogen-bond acceptors (Lipinski definition) is 3. The second-order valence-electron chi connectivity index (χ2n) is 3.93. The molecular weight excluding hydrogens is 245 g/mol. The van der Waals surface area contributed by atoms with E-state index in [4.69, 9.17) is 10.6 Å². The summed E-state index contributed by atoms with van der Waals surface area (Å²) in [6.07, 6.45) is -4.67. The summed E-state index contributed by atoms with van der Waals surface area (Å²) in [5.74, 6) is 5.38. The van der Waals surface area contributed by atoms with Crippen molar-refractivity contribution in [1.29, 1.82) is 0 Å². The number of halogens is 3. The summed E-state index contributed by atoms with van der Waals surface area (Å²) in [5, 5.41) is 0. The van der Waals surface area contributed by atoms with E-state index in [2.05, 4.69) is 5.43 Å². The summed E-state index contributed by atoms with van der Waals surface area (Å²) < 4.78 is 43.2. The molecule has 18 heavy (non-hydrogen) atoms. The van der Waals surface area contributed by atoms with E-state index in [9.17, 15) is 13.2 Å². The SMILES string of the molecule is CCOC(C)C(NN)c1cccc(C(F)(F)F)c1. The molecule has 1 aromatic carbocycles. The van der Waals surface area contributed by atoms with Crippen LogP contribution in [0.1, 0.15) is 31.0 Å². The number of hydrazine groups is 1. The molecule has 0 saturated carbocycles. The number of ether oxygens (including phenoxy) is 1. The number of nitrogens with one attached hydrogen (secondary N) is 1. The molecule has 3 nitrogen and oxygen atoms in total. The highest BCUT2D eigenvalue weighted by atomic mass is 19.4. The van der Waals surface area contributed by atoms with Gasteiger partial charge in [-0.2, -0.15) is 13.2 Å². The first-order valence-electron chi connectivity index (χ1n) is 5.65. The molecule has 0 spiro atoms. The van der Waals surface area contributed by atoms with Crippen molar-refractivity contribution in [1.82, 2.24) is 5.43 Å². The first-order valence-corrected chi connectivity index (χ1v) is 5.65. The number of hydrogen-bond donors (Lipinski definition) is 2. The third-order valence-electron chi connectivity index (χ3n) is 2.65. The van der Waals surface area contributed by atoms with Gasteiger partial charge in [-0.05, 0) is 31.5 Å². The second-order valence-corrected chi connectivity index (χ2v) is 3.93. The molecule has 0 heterocycles. The highest BCUT2D eigenvalue weighted by Gasteiger charge is 2.31. The number of benzene rings is 1. The Morgan fingerprint density at radius 1 is 1.39 bits per heavy atom. The zero-order valence-corrected chi connectivity index (χ0v) is 10.3. The van der Waals surface area contributed by atoms with Crippen LogP contribution in [0, 0.1) is 0 Å². The van der Waals surface area contributed by atoms with Crippen LogP contribution in [0.3, 0.4) is 0 Å². The zero-order valence-electron chi connectivity index (χ0n) is 10.3. The van der Waals surface area contributed by atoms with Crippen LogP contribution < -0.4 is 11.3 Å². The molecule has 0 amide bonds. The molecule has 0 aliphatic rings. The number of rotatable bonds is 5. The van der Waals surface area contributed by atoms with Crippen LogP contribution in [0.25, 0.3) is 0 Å². The summed E-state index contributed by atoms with van der Waals surface area (Å²) in [6, 6.07) is 4.59. The van der Waals surface area contributed by atoms with Crippen molar-refractivity contribution >= 4 is 0 Å². The van der Waals surface area contributed by atoms with Crippen molar-refractivity contribution in [3.63, 3.8) is 0 Å². The molecular formula is C12H17F3N2O. The van der Waals surface area contributed by atoms with Crippen LogP contribution in [0.15, 0.2) is 24.3 Å². The van der Waals surface area contributed by atoms with Crippen molar-refractivity contribution in [3.8, 4) is 0 Å². The maximum atomic E-state index is 12.6. The molecule has 3 N–H and O–H groups in total. The molecule has 1 aromatic rings. The minimum Gasteiger partial charge on any atom is -0.377 e. The first kappa shape index (κ1) is 14.9. The van der Waals surface area contributed by atoms with Gasteiger partial charge in [-0.3, -0.25) is 11.3 Å². The lowest BCUT2D eigenvalue weighted by atomic mass is 10.0. The van der Waals surface area contributed by atoms with E-state index in [0.29, 0.717) is 12.2 Å². The number of nitrogens with two attached hydrogens (primary N) is 1. The summed E-state index contributed by atoms with van der Waals surface area (Å²) in [6.45, 7) is 4.04. The molecule has 0 bridgehead atoms. The lowest BCUT2D eigenvalue weighted by Gasteiger charge is -2.24. The first-order chi connectivity index (χ1) is 8.40. The highest BCUT2D eigenvalue weighted by Crippen LogP contribution is 2.31. The van der Waals surface area contributed by atoms with Gasteiger partial charge in [-0.25, -0.2) is 0 Å². The van der Waals surface area contributed by atoms with Crippen LogP contribution in [0.5, 0.6) is 0 Å². The van der Waals surface area contributed by atoms with Gasteiger partial charge in [0.05, 0.1) is 17.7 Å². The van der Waals surface area contributed by atoms with Gasteiger partial charge in [0, 0.05) is 6.61 Å². The third-order valence-corrected chi connectivity index (χ3v) is 2.65. The van der Waals surface area contributed by atoms with E-state index < -0.39 is 17.8 Å². The van der Waals surface area contributed by atoms with Crippen LogP contribution in [-0.4, -0.2) is 12.7 Å². The van der Waals surface area contributed by atoms with Crippen molar-refractivity contribution in [3.05, 3.63) is 35.4 Å². The fourth-order valence-corrected chi connectivity index (χ4v) is 1.77. The Kier molecular flexibility index (Phi) is 5.13. The minimum atomic E-state index is -4.36. The maximum absolute atomic E-state index is 12.6. The van der Waals surface area contributed by atoms with Gasteiger partial charge in [-0.15, -0.1) is 0 Å². The molecule has 1 rings (SSSR count). The predicted molar refractivity (Wildman–Crippen MR) is 62.6 cm³/mol. The molecule has 0 aliphatic carbocycles. The van der Waals surface area contributed by atoms with E-state index in [1.54, 1.807) is 13.0 Å². The van der Waals surface area contributed by atoms with E-state index in [0.717, 1.165) is 12.1 Å². The molecule has 0 aromatic heterocycles. The van der Waals surface area contributed by atoms with Crippen molar-refractivity contribution in [2.75, 3.05) is 6.61 Å². The van der Waals surface area contributed by atoms with Gasteiger partial charge in [0.15, 0.2) is 0 Å². The molecule has 0 radical (unpaired) electrons. The Morgan fingerprint density at radius 2 is 2.06 bits per heavy atom. The second kappa shape index (κ2) is 6.17. The Hall–Kier alpha value is -1.11. The Morgan fingerprint density at radius 3 is 2.56 bits per heavy atom. The topological polar surface area (TPSA) is 47.3 Å². The summed E-state index contributed by atoms with van der Waals surface area (Å²) in [4.78, 5) is 0. The van der Waals surface area contributed by atoms with Crippen LogP contribution in [0.4, 0.5) is 13.2 Å². The monoisotopic (exact) mass is 262 g/mol. The fourth-order valence-electron chi connectivity index (χ4n) is 1.77. The quantitative estimate of drug-likeness (QED) is 0.633. The van der Waals surface area contributed by atoms with Gasteiger partial charge in [0.25, 0.3) is 0 Å². The molecule has 0 saturated heterocycles. The molecule has 2 unspecified atom stereocenters. The normalized spacial score (nSPS) is 15.4. The summed E-state index contributed by atoms with van der Waals surface area (Å²) >= 11 is 0.